The van der Waals surface area contributed by atoms with Gasteiger partial charge in [-0.3, -0.25) is 4.79 Å². The number of esters is 1. The fraction of sp³-hybridized carbons (Fsp3) is 0.923. The van der Waals surface area contributed by atoms with Crippen LogP contribution in [0.2, 0.25) is 0 Å². The molecule has 0 N–H and O–H groups in total. The number of carbonyl (C=O) groups excluding carboxylic acids is 1. The van der Waals surface area contributed by atoms with Gasteiger partial charge in [0.2, 0.25) is 0 Å². The van der Waals surface area contributed by atoms with Gasteiger partial charge < -0.3 is 14.2 Å². The first-order valence-corrected chi connectivity index (χ1v) is 6.48. The molecule has 4 heteroatoms. The number of hydrogen-bond acceptors (Lipinski definition) is 4. The van der Waals surface area contributed by atoms with Crippen molar-refractivity contribution in [3.63, 3.8) is 0 Å². The van der Waals surface area contributed by atoms with Gasteiger partial charge in [0.15, 0.2) is 0 Å². The standard InChI is InChI=1S/C13H24O4/c1-4-16-13(14)11-5-7-12(8-6-11)17-10(2)9-15-3/h10-12H,4-9H2,1-3H3/t10?,11-,12-. The Morgan fingerprint density at radius 1 is 1.29 bits per heavy atom. The van der Waals surface area contributed by atoms with Gasteiger partial charge in [-0.15, -0.1) is 0 Å². The fourth-order valence-corrected chi connectivity index (χ4v) is 2.30. The monoisotopic (exact) mass is 244 g/mol. The van der Waals surface area contributed by atoms with E-state index in [1.807, 2.05) is 13.8 Å². The van der Waals surface area contributed by atoms with Gasteiger partial charge in [0.1, 0.15) is 0 Å². The maximum absolute atomic E-state index is 11.5. The van der Waals surface area contributed by atoms with Crippen molar-refractivity contribution in [2.45, 2.75) is 51.7 Å². The summed E-state index contributed by atoms with van der Waals surface area (Å²) in [7, 11) is 1.68. The third kappa shape index (κ3) is 5.04. The van der Waals surface area contributed by atoms with E-state index in [9.17, 15) is 4.79 Å². The molecule has 0 aliphatic heterocycles. The van der Waals surface area contributed by atoms with E-state index in [1.54, 1.807) is 7.11 Å². The lowest BCUT2D eigenvalue weighted by molar-refractivity contribution is -0.150. The van der Waals surface area contributed by atoms with Crippen molar-refractivity contribution >= 4 is 5.97 Å². The molecule has 1 unspecified atom stereocenters. The molecule has 1 aliphatic rings. The largest absolute Gasteiger partial charge is 0.466 e. The van der Waals surface area contributed by atoms with Crippen LogP contribution in [0.25, 0.3) is 0 Å². The number of rotatable bonds is 6. The van der Waals surface area contributed by atoms with Crippen LogP contribution in [0.5, 0.6) is 0 Å². The molecular formula is C13H24O4. The predicted octanol–water partition coefficient (Wildman–Crippen LogP) is 2.16. The molecule has 0 aromatic carbocycles. The van der Waals surface area contributed by atoms with Crippen LogP contribution in [0.4, 0.5) is 0 Å². The highest BCUT2D eigenvalue weighted by atomic mass is 16.5. The Bertz CT molecular complexity index is 221. The van der Waals surface area contributed by atoms with Crippen LogP contribution in [0.3, 0.4) is 0 Å². The van der Waals surface area contributed by atoms with Crippen molar-refractivity contribution in [3.05, 3.63) is 0 Å². The molecule has 0 aromatic heterocycles. The second kappa shape index (κ2) is 7.67. The molecule has 1 saturated carbocycles. The van der Waals surface area contributed by atoms with Crippen LogP contribution in [0.15, 0.2) is 0 Å². The Balaban J connectivity index is 2.23. The number of methoxy groups -OCH3 is 1. The molecular weight excluding hydrogens is 220 g/mol. The highest BCUT2D eigenvalue weighted by Gasteiger charge is 2.28. The average Bonchev–Trinajstić information content (AvgIpc) is 2.30. The zero-order valence-electron chi connectivity index (χ0n) is 11.1. The smallest absolute Gasteiger partial charge is 0.308 e. The summed E-state index contributed by atoms with van der Waals surface area (Å²) in [5.41, 5.74) is 0. The summed E-state index contributed by atoms with van der Waals surface area (Å²) in [6.45, 7) is 4.96. The predicted molar refractivity (Wildman–Crippen MR) is 64.8 cm³/mol. The Morgan fingerprint density at radius 2 is 1.94 bits per heavy atom. The molecule has 0 heterocycles. The SMILES string of the molecule is CCOC(=O)[C@H]1CC[C@H](OC(C)COC)CC1. The topological polar surface area (TPSA) is 44.8 Å². The average molecular weight is 244 g/mol. The van der Waals surface area contributed by atoms with Gasteiger partial charge in [0, 0.05) is 7.11 Å². The summed E-state index contributed by atoms with van der Waals surface area (Å²) in [6, 6.07) is 0. The van der Waals surface area contributed by atoms with Crippen LogP contribution in [-0.4, -0.2) is 38.5 Å². The van der Waals surface area contributed by atoms with Gasteiger partial charge in [-0.2, -0.15) is 0 Å². The third-order valence-electron chi connectivity index (χ3n) is 3.12. The molecule has 1 fully saturated rings. The molecule has 0 bridgehead atoms. The van der Waals surface area contributed by atoms with E-state index in [0.717, 1.165) is 25.7 Å². The van der Waals surface area contributed by atoms with E-state index < -0.39 is 0 Å². The van der Waals surface area contributed by atoms with E-state index in [2.05, 4.69) is 0 Å². The minimum Gasteiger partial charge on any atom is -0.466 e. The van der Waals surface area contributed by atoms with Crippen LogP contribution in [0, 0.1) is 5.92 Å². The summed E-state index contributed by atoms with van der Waals surface area (Å²) in [4.78, 5) is 11.5. The highest BCUT2D eigenvalue weighted by Crippen LogP contribution is 2.27. The van der Waals surface area contributed by atoms with Crippen molar-refractivity contribution < 1.29 is 19.0 Å². The Labute approximate surface area is 104 Å². The molecule has 100 valence electrons. The molecule has 0 radical (unpaired) electrons. The normalized spacial score (nSPS) is 26.5. The van der Waals surface area contributed by atoms with Gasteiger partial charge in [-0.1, -0.05) is 0 Å². The van der Waals surface area contributed by atoms with Gasteiger partial charge >= 0.3 is 5.97 Å². The van der Waals surface area contributed by atoms with Crippen molar-refractivity contribution in [2.75, 3.05) is 20.3 Å². The number of hydrogen-bond donors (Lipinski definition) is 0. The van der Waals surface area contributed by atoms with Crippen LogP contribution < -0.4 is 0 Å². The van der Waals surface area contributed by atoms with Gasteiger partial charge in [-0.05, 0) is 39.5 Å². The van der Waals surface area contributed by atoms with Crippen LogP contribution >= 0.6 is 0 Å². The van der Waals surface area contributed by atoms with Gasteiger partial charge in [0.25, 0.3) is 0 Å². The summed E-state index contributed by atoms with van der Waals surface area (Å²) in [6.07, 6.45) is 4.04. The lowest BCUT2D eigenvalue weighted by atomic mass is 9.87. The zero-order valence-corrected chi connectivity index (χ0v) is 11.1. The van der Waals surface area contributed by atoms with Crippen LogP contribution in [-0.2, 0) is 19.0 Å². The van der Waals surface area contributed by atoms with E-state index >= 15 is 0 Å². The summed E-state index contributed by atoms with van der Waals surface area (Å²) < 4.78 is 15.9. The van der Waals surface area contributed by atoms with Crippen molar-refractivity contribution in [2.24, 2.45) is 5.92 Å². The summed E-state index contributed by atoms with van der Waals surface area (Å²) >= 11 is 0. The highest BCUT2D eigenvalue weighted by molar-refractivity contribution is 5.72. The zero-order chi connectivity index (χ0) is 12.7. The lowest BCUT2D eigenvalue weighted by Gasteiger charge is -2.29. The second-order valence-electron chi connectivity index (χ2n) is 4.63. The second-order valence-corrected chi connectivity index (χ2v) is 4.63. The molecule has 0 saturated heterocycles. The molecule has 0 amide bonds. The fourth-order valence-electron chi connectivity index (χ4n) is 2.30. The van der Waals surface area contributed by atoms with E-state index in [0.29, 0.717) is 13.2 Å². The molecule has 4 nitrogen and oxygen atoms in total. The quantitative estimate of drug-likeness (QED) is 0.672. The maximum atomic E-state index is 11.5. The minimum absolute atomic E-state index is 0.0455. The minimum atomic E-state index is -0.0455. The molecule has 1 atom stereocenters. The Kier molecular flexibility index (Phi) is 6.52. The molecule has 1 rings (SSSR count). The first-order valence-electron chi connectivity index (χ1n) is 6.48. The van der Waals surface area contributed by atoms with E-state index in [4.69, 9.17) is 14.2 Å². The maximum Gasteiger partial charge on any atom is 0.308 e. The lowest BCUT2D eigenvalue weighted by Crippen LogP contribution is -2.30. The molecule has 17 heavy (non-hydrogen) atoms. The molecule has 0 spiro atoms. The van der Waals surface area contributed by atoms with Crippen molar-refractivity contribution in [1.29, 1.82) is 0 Å². The van der Waals surface area contributed by atoms with Crippen molar-refractivity contribution in [3.8, 4) is 0 Å². The molecule has 0 aromatic rings. The Morgan fingerprint density at radius 3 is 2.47 bits per heavy atom. The third-order valence-corrected chi connectivity index (χ3v) is 3.12. The van der Waals surface area contributed by atoms with Crippen molar-refractivity contribution in [1.82, 2.24) is 0 Å². The first-order chi connectivity index (χ1) is 8.17. The first kappa shape index (κ1) is 14.5. The summed E-state index contributed by atoms with van der Waals surface area (Å²) in [5.74, 6) is 0.0309. The number of ether oxygens (including phenoxy) is 3. The van der Waals surface area contributed by atoms with Gasteiger partial charge in [0.05, 0.1) is 31.3 Å². The Hall–Kier alpha value is -0.610. The van der Waals surface area contributed by atoms with Gasteiger partial charge in [-0.25, -0.2) is 0 Å². The van der Waals surface area contributed by atoms with E-state index in [1.165, 1.54) is 0 Å². The molecule has 1 aliphatic carbocycles. The number of carbonyl (C=O) groups is 1. The van der Waals surface area contributed by atoms with E-state index in [-0.39, 0.29) is 24.1 Å². The summed E-state index contributed by atoms with van der Waals surface area (Å²) in [5, 5.41) is 0. The van der Waals surface area contributed by atoms with Crippen LogP contribution in [0.1, 0.15) is 39.5 Å².